The first kappa shape index (κ1) is 23.9. The van der Waals surface area contributed by atoms with Crippen LogP contribution in [0.25, 0.3) is 10.9 Å². The number of halogens is 1. The van der Waals surface area contributed by atoms with Crippen LogP contribution < -0.4 is 20.8 Å². The van der Waals surface area contributed by atoms with Gasteiger partial charge in [0.1, 0.15) is 5.82 Å². The van der Waals surface area contributed by atoms with Gasteiger partial charge < -0.3 is 15.2 Å². The van der Waals surface area contributed by atoms with E-state index >= 15 is 0 Å². The van der Waals surface area contributed by atoms with Gasteiger partial charge in [-0.25, -0.2) is 4.98 Å². The van der Waals surface area contributed by atoms with E-state index in [4.69, 9.17) is 20.2 Å². The molecule has 8 nitrogen and oxygen atoms in total. The number of amides is 1. The van der Waals surface area contributed by atoms with Crippen LogP contribution in [0.3, 0.4) is 0 Å². The minimum atomic E-state index is -0.571. The van der Waals surface area contributed by atoms with Gasteiger partial charge in [-0.2, -0.15) is 9.78 Å². The summed E-state index contributed by atoms with van der Waals surface area (Å²) in [6.45, 7) is 2.03. The van der Waals surface area contributed by atoms with E-state index in [1.54, 1.807) is 30.5 Å². The van der Waals surface area contributed by atoms with Crippen LogP contribution in [0.15, 0.2) is 50.8 Å². The quantitative estimate of drug-likeness (QED) is 0.438. The Hall–Kier alpha value is -3.20. The van der Waals surface area contributed by atoms with Gasteiger partial charge in [-0.15, -0.1) is 0 Å². The van der Waals surface area contributed by atoms with Crippen molar-refractivity contribution < 1.29 is 14.3 Å². The van der Waals surface area contributed by atoms with Crippen molar-refractivity contribution in [1.82, 2.24) is 9.66 Å². The summed E-state index contributed by atoms with van der Waals surface area (Å²) in [6.07, 6.45) is 7.03. The summed E-state index contributed by atoms with van der Waals surface area (Å²) in [7, 11) is 0. The molecule has 1 saturated carbocycles. The van der Waals surface area contributed by atoms with E-state index < -0.39 is 5.91 Å². The molecule has 1 heterocycles. The van der Waals surface area contributed by atoms with Crippen LogP contribution in [0.2, 0.25) is 0 Å². The summed E-state index contributed by atoms with van der Waals surface area (Å²) in [6, 6.07) is 10.7. The maximum Gasteiger partial charge on any atom is 0.282 e. The van der Waals surface area contributed by atoms with Crippen molar-refractivity contribution in [3.05, 3.63) is 62.6 Å². The highest BCUT2D eigenvalue weighted by atomic mass is 79.9. The Labute approximate surface area is 205 Å². The van der Waals surface area contributed by atoms with Crippen LogP contribution in [-0.2, 0) is 4.79 Å². The zero-order valence-electron chi connectivity index (χ0n) is 19.0. The van der Waals surface area contributed by atoms with Gasteiger partial charge in [-0.3, -0.25) is 9.59 Å². The predicted molar refractivity (Wildman–Crippen MR) is 135 cm³/mol. The number of nitrogens with two attached hydrogens (primary N) is 1. The fraction of sp³-hybridized carbons (Fsp3) is 0.360. The van der Waals surface area contributed by atoms with Gasteiger partial charge in [0.05, 0.1) is 23.7 Å². The molecule has 9 heteroatoms. The van der Waals surface area contributed by atoms with Crippen molar-refractivity contribution in [2.75, 3.05) is 13.2 Å². The normalized spacial score (nSPS) is 14.5. The summed E-state index contributed by atoms with van der Waals surface area (Å²) < 4.78 is 13.3. The topological polar surface area (TPSA) is 109 Å². The van der Waals surface area contributed by atoms with Gasteiger partial charge in [0.2, 0.25) is 0 Å². The lowest BCUT2D eigenvalue weighted by Gasteiger charge is -2.22. The minimum absolute atomic E-state index is 0.190. The Bertz CT molecular complexity index is 1280. The molecule has 1 aliphatic rings. The number of fused-ring (bicyclic) bond motifs is 1. The van der Waals surface area contributed by atoms with Crippen molar-refractivity contribution in [2.45, 2.75) is 44.9 Å². The molecule has 1 aromatic heterocycles. The number of primary amides is 1. The highest BCUT2D eigenvalue weighted by Crippen LogP contribution is 2.32. The molecule has 0 unspecified atom stereocenters. The SMILES string of the molecule is CCOc1cc(C=Nn2c(C3CCCCC3)nc3ccc(Br)cc3c2=O)ccc1OCC(N)=O. The molecule has 2 N–H and O–H groups in total. The van der Waals surface area contributed by atoms with Crippen molar-refractivity contribution in [1.29, 1.82) is 0 Å². The summed E-state index contributed by atoms with van der Waals surface area (Å²) in [5.41, 5.74) is 6.37. The Morgan fingerprint density at radius 1 is 1.18 bits per heavy atom. The maximum absolute atomic E-state index is 13.4. The van der Waals surface area contributed by atoms with Crippen molar-refractivity contribution in [3.63, 3.8) is 0 Å². The van der Waals surface area contributed by atoms with Crippen LogP contribution >= 0.6 is 15.9 Å². The second-order valence-corrected chi connectivity index (χ2v) is 9.14. The van der Waals surface area contributed by atoms with Crippen molar-refractivity contribution in [2.24, 2.45) is 10.8 Å². The van der Waals surface area contributed by atoms with Gasteiger partial charge in [-0.1, -0.05) is 35.2 Å². The molecule has 4 rings (SSSR count). The molecular weight excluding hydrogens is 500 g/mol. The molecule has 0 spiro atoms. The van der Waals surface area contributed by atoms with Crippen LogP contribution in [0.5, 0.6) is 11.5 Å². The van der Waals surface area contributed by atoms with Gasteiger partial charge in [0.25, 0.3) is 11.5 Å². The predicted octanol–water partition coefficient (Wildman–Crippen LogP) is 4.35. The van der Waals surface area contributed by atoms with E-state index in [1.807, 2.05) is 19.1 Å². The average molecular weight is 527 g/mol. The highest BCUT2D eigenvalue weighted by molar-refractivity contribution is 9.10. The first-order valence-electron chi connectivity index (χ1n) is 11.4. The van der Waals surface area contributed by atoms with Gasteiger partial charge in [0.15, 0.2) is 18.1 Å². The second-order valence-electron chi connectivity index (χ2n) is 8.22. The Kier molecular flexibility index (Phi) is 7.62. The molecule has 0 radical (unpaired) electrons. The van der Waals surface area contributed by atoms with Crippen molar-refractivity contribution in [3.8, 4) is 11.5 Å². The van der Waals surface area contributed by atoms with E-state index in [1.165, 1.54) is 11.1 Å². The van der Waals surface area contributed by atoms with Crippen LogP contribution in [0.4, 0.5) is 0 Å². The number of rotatable bonds is 8. The number of hydrogen-bond donors (Lipinski definition) is 1. The third kappa shape index (κ3) is 5.47. The van der Waals surface area contributed by atoms with E-state index in [0.29, 0.717) is 40.4 Å². The minimum Gasteiger partial charge on any atom is -0.490 e. The molecule has 0 bridgehead atoms. The zero-order valence-corrected chi connectivity index (χ0v) is 20.6. The zero-order chi connectivity index (χ0) is 24.1. The molecular formula is C25H27BrN4O4. The first-order valence-corrected chi connectivity index (χ1v) is 12.2. The Balaban J connectivity index is 1.74. The fourth-order valence-corrected chi connectivity index (χ4v) is 4.53. The summed E-state index contributed by atoms with van der Waals surface area (Å²) in [5.74, 6) is 1.19. The lowest BCUT2D eigenvalue weighted by atomic mass is 9.88. The maximum atomic E-state index is 13.4. The van der Waals surface area contributed by atoms with E-state index in [9.17, 15) is 9.59 Å². The van der Waals surface area contributed by atoms with Crippen LogP contribution in [-0.4, -0.2) is 35.0 Å². The van der Waals surface area contributed by atoms with E-state index in [-0.39, 0.29) is 18.1 Å². The van der Waals surface area contributed by atoms with Gasteiger partial charge in [0, 0.05) is 10.4 Å². The number of carbonyl (C=O) groups excluding carboxylic acids is 1. The molecule has 1 aliphatic carbocycles. The van der Waals surface area contributed by atoms with Gasteiger partial charge in [-0.05, 0) is 61.7 Å². The molecule has 2 aromatic carbocycles. The number of hydrogen-bond acceptors (Lipinski definition) is 6. The fourth-order valence-electron chi connectivity index (χ4n) is 4.17. The summed E-state index contributed by atoms with van der Waals surface area (Å²) in [4.78, 5) is 29.4. The monoisotopic (exact) mass is 526 g/mol. The van der Waals surface area contributed by atoms with Crippen molar-refractivity contribution >= 4 is 39.0 Å². The van der Waals surface area contributed by atoms with Crippen LogP contribution in [0.1, 0.15) is 56.3 Å². The largest absolute Gasteiger partial charge is 0.490 e. The smallest absolute Gasteiger partial charge is 0.282 e. The molecule has 0 aliphatic heterocycles. The lowest BCUT2D eigenvalue weighted by molar-refractivity contribution is -0.119. The number of ether oxygens (including phenoxy) is 2. The van der Waals surface area contributed by atoms with Crippen LogP contribution in [0, 0.1) is 0 Å². The summed E-state index contributed by atoms with van der Waals surface area (Å²) >= 11 is 3.44. The van der Waals surface area contributed by atoms with E-state index in [2.05, 4.69) is 21.0 Å². The molecule has 1 fully saturated rings. The standard InChI is InChI=1S/C25H27BrN4O4/c1-2-33-22-12-16(8-11-21(22)34-15-23(27)31)14-28-30-24(17-6-4-3-5-7-17)29-20-10-9-18(26)13-19(20)25(30)32/h8-14,17H,2-7,15H2,1H3,(H2,27,31). The number of nitrogens with zero attached hydrogens (tertiary/aromatic N) is 3. The molecule has 178 valence electrons. The molecule has 1 amide bonds. The number of benzene rings is 2. The third-order valence-corrected chi connectivity index (χ3v) is 6.26. The second kappa shape index (κ2) is 10.8. The lowest BCUT2D eigenvalue weighted by Crippen LogP contribution is -2.25. The molecule has 3 aromatic rings. The Morgan fingerprint density at radius 3 is 2.71 bits per heavy atom. The highest BCUT2D eigenvalue weighted by Gasteiger charge is 2.22. The molecule has 0 atom stereocenters. The molecule has 0 saturated heterocycles. The average Bonchev–Trinajstić information content (AvgIpc) is 2.84. The first-order chi connectivity index (χ1) is 16.5. The Morgan fingerprint density at radius 2 is 1.97 bits per heavy atom. The van der Waals surface area contributed by atoms with E-state index in [0.717, 1.165) is 30.2 Å². The number of carbonyl (C=O) groups is 1. The third-order valence-electron chi connectivity index (χ3n) is 5.76. The number of aromatic nitrogens is 2. The molecule has 34 heavy (non-hydrogen) atoms. The summed E-state index contributed by atoms with van der Waals surface area (Å²) in [5, 5.41) is 5.08. The van der Waals surface area contributed by atoms with Gasteiger partial charge >= 0.3 is 0 Å².